The summed E-state index contributed by atoms with van der Waals surface area (Å²) in [6.07, 6.45) is -2.86. The summed E-state index contributed by atoms with van der Waals surface area (Å²) in [7, 11) is 2.36. The molecular formula is C30H25Cl3F3N7O5S. The monoisotopic (exact) mass is 757 g/mol. The van der Waals surface area contributed by atoms with Gasteiger partial charge in [0.05, 0.1) is 47.3 Å². The minimum absolute atomic E-state index is 0.0230. The Morgan fingerprint density at radius 2 is 1.76 bits per heavy atom. The lowest BCUT2D eigenvalue weighted by molar-refractivity contribution is -0.141. The van der Waals surface area contributed by atoms with Crippen molar-refractivity contribution in [2.24, 2.45) is 0 Å². The van der Waals surface area contributed by atoms with Gasteiger partial charge in [-0.2, -0.15) is 13.2 Å². The molecule has 1 aliphatic heterocycles. The fourth-order valence-corrected chi connectivity index (χ4v) is 6.33. The number of methoxy groups -OCH3 is 1. The van der Waals surface area contributed by atoms with Crippen LogP contribution in [0.3, 0.4) is 0 Å². The van der Waals surface area contributed by atoms with E-state index in [2.05, 4.69) is 30.3 Å². The van der Waals surface area contributed by atoms with Gasteiger partial charge in [0.15, 0.2) is 5.69 Å². The van der Waals surface area contributed by atoms with Gasteiger partial charge in [0.25, 0.3) is 11.8 Å². The average Bonchev–Trinajstić information content (AvgIpc) is 3.44. The van der Waals surface area contributed by atoms with Gasteiger partial charge in [-0.3, -0.25) is 9.59 Å². The summed E-state index contributed by atoms with van der Waals surface area (Å²) in [6, 6.07) is 6.09. The molecule has 0 unspecified atom stereocenters. The maximum absolute atomic E-state index is 13.8. The van der Waals surface area contributed by atoms with Crippen molar-refractivity contribution in [1.29, 1.82) is 0 Å². The lowest BCUT2D eigenvalue weighted by Crippen LogP contribution is -2.37. The molecule has 49 heavy (non-hydrogen) atoms. The summed E-state index contributed by atoms with van der Waals surface area (Å²) in [4.78, 5) is 53.9. The molecule has 3 aromatic heterocycles. The Hall–Kier alpha value is -4.22. The topological polar surface area (TPSA) is 139 Å². The van der Waals surface area contributed by atoms with Crippen LogP contribution in [-0.2, 0) is 22.2 Å². The third-order valence-corrected chi connectivity index (χ3v) is 9.10. The number of anilines is 4. The molecule has 258 valence electrons. The minimum atomic E-state index is -4.96. The predicted octanol–water partition coefficient (Wildman–Crippen LogP) is 6.68. The molecule has 1 aromatic carbocycles. The van der Waals surface area contributed by atoms with Gasteiger partial charge in [-0.25, -0.2) is 19.7 Å². The maximum Gasteiger partial charge on any atom is 0.434 e. The van der Waals surface area contributed by atoms with Crippen molar-refractivity contribution in [3.05, 3.63) is 84.4 Å². The number of halogens is 6. The van der Waals surface area contributed by atoms with Crippen LogP contribution in [0.15, 0.2) is 42.0 Å². The zero-order valence-electron chi connectivity index (χ0n) is 25.5. The Morgan fingerprint density at radius 1 is 1.02 bits per heavy atom. The van der Waals surface area contributed by atoms with Crippen molar-refractivity contribution in [3.63, 3.8) is 0 Å². The number of thiophene rings is 1. The highest BCUT2D eigenvalue weighted by Crippen LogP contribution is 2.37. The molecule has 0 atom stereocenters. The van der Waals surface area contributed by atoms with E-state index in [9.17, 15) is 27.6 Å². The summed E-state index contributed by atoms with van der Waals surface area (Å²) in [5.74, 6) is -2.65. The lowest BCUT2D eigenvalue weighted by Gasteiger charge is -2.31. The van der Waals surface area contributed by atoms with Gasteiger partial charge in [-0.15, -0.1) is 11.3 Å². The largest absolute Gasteiger partial charge is 0.465 e. The summed E-state index contributed by atoms with van der Waals surface area (Å²) in [5, 5.41) is 7.69. The second-order valence-corrected chi connectivity index (χ2v) is 12.5. The van der Waals surface area contributed by atoms with E-state index in [-0.39, 0.29) is 44.5 Å². The third kappa shape index (κ3) is 8.33. The molecule has 2 N–H and O–H groups in total. The first-order valence-electron chi connectivity index (χ1n) is 14.2. The highest BCUT2D eigenvalue weighted by Gasteiger charge is 2.39. The number of benzene rings is 1. The van der Waals surface area contributed by atoms with Crippen molar-refractivity contribution < 1.29 is 37.0 Å². The van der Waals surface area contributed by atoms with E-state index in [1.54, 1.807) is 17.5 Å². The van der Waals surface area contributed by atoms with Crippen LogP contribution in [0.5, 0.6) is 0 Å². The Bertz CT molecular complexity index is 1890. The first kappa shape index (κ1) is 36.1. The van der Waals surface area contributed by atoms with Crippen molar-refractivity contribution in [2.45, 2.75) is 12.7 Å². The van der Waals surface area contributed by atoms with Gasteiger partial charge < -0.3 is 29.9 Å². The molecule has 19 heteroatoms. The second kappa shape index (κ2) is 15.1. The summed E-state index contributed by atoms with van der Waals surface area (Å²) < 4.78 is 51.0. The number of nitrogens with one attached hydrogen (secondary N) is 2. The molecular weight excluding hydrogens is 734 g/mol. The number of ether oxygens (including phenoxy) is 2. The van der Waals surface area contributed by atoms with E-state index in [0.29, 0.717) is 42.6 Å². The number of morpholine rings is 1. The van der Waals surface area contributed by atoms with Crippen LogP contribution in [0.4, 0.5) is 36.3 Å². The fraction of sp³-hybridized carbons (Fsp3) is 0.267. The number of carbonyl (C=O) groups excluding carboxylic acids is 3. The molecule has 0 bridgehead atoms. The van der Waals surface area contributed by atoms with Crippen LogP contribution in [0, 0.1) is 0 Å². The van der Waals surface area contributed by atoms with Gasteiger partial charge in [-0.05, 0) is 29.6 Å². The number of carbonyl (C=O) groups is 3. The molecule has 12 nitrogen and oxygen atoms in total. The van der Waals surface area contributed by atoms with Crippen molar-refractivity contribution >= 4 is 87.1 Å². The number of esters is 1. The van der Waals surface area contributed by atoms with Gasteiger partial charge in [0.2, 0.25) is 5.95 Å². The van der Waals surface area contributed by atoms with E-state index >= 15 is 0 Å². The number of pyridine rings is 1. The van der Waals surface area contributed by atoms with Crippen molar-refractivity contribution in [1.82, 2.24) is 15.0 Å². The summed E-state index contributed by atoms with van der Waals surface area (Å²) in [5.41, 5.74) is -1.25. The molecule has 1 fully saturated rings. The smallest absolute Gasteiger partial charge is 0.434 e. The van der Waals surface area contributed by atoms with Gasteiger partial charge in [-0.1, -0.05) is 34.8 Å². The molecule has 0 spiro atoms. The zero-order valence-corrected chi connectivity index (χ0v) is 28.6. The molecule has 4 heterocycles. The van der Waals surface area contributed by atoms with E-state index < -0.39 is 35.2 Å². The number of hydrogen-bond acceptors (Lipinski definition) is 11. The Morgan fingerprint density at radius 3 is 2.41 bits per heavy atom. The number of rotatable bonds is 9. The number of amides is 2. The first-order valence-corrected chi connectivity index (χ1v) is 16.2. The van der Waals surface area contributed by atoms with Crippen LogP contribution >= 0.6 is 46.1 Å². The SMILES string of the molecule is COC(=O)c1cnc(N(C)Cc2csc(C(=O)Nc3c(C(=O)Nc4ccc(Cl)cn4)cc(Cl)cc3N3CCOCC3)c2Cl)nc1C(F)(F)F. The zero-order chi connectivity index (χ0) is 35.5. The number of hydrogen-bond donors (Lipinski definition) is 2. The number of alkyl halides is 3. The van der Waals surface area contributed by atoms with Crippen molar-refractivity contribution in [2.75, 3.05) is 60.9 Å². The van der Waals surface area contributed by atoms with Gasteiger partial charge in [0, 0.05) is 49.7 Å². The highest BCUT2D eigenvalue weighted by atomic mass is 35.5. The normalized spacial score (nSPS) is 13.2. The molecule has 0 radical (unpaired) electrons. The lowest BCUT2D eigenvalue weighted by atomic mass is 10.1. The molecule has 0 saturated carbocycles. The predicted molar refractivity (Wildman–Crippen MR) is 179 cm³/mol. The molecule has 1 saturated heterocycles. The first-order chi connectivity index (χ1) is 23.3. The summed E-state index contributed by atoms with van der Waals surface area (Å²) in [6.45, 7) is 1.63. The molecule has 5 rings (SSSR count). The van der Waals surface area contributed by atoms with Crippen LogP contribution < -0.4 is 20.4 Å². The van der Waals surface area contributed by atoms with Crippen LogP contribution in [0.1, 0.15) is 41.6 Å². The second-order valence-electron chi connectivity index (χ2n) is 10.4. The Balaban J connectivity index is 1.43. The Kier molecular flexibility index (Phi) is 11.1. The molecule has 0 aliphatic carbocycles. The third-order valence-electron chi connectivity index (χ3n) is 7.09. The van der Waals surface area contributed by atoms with Crippen LogP contribution in [-0.4, -0.2) is 73.2 Å². The molecule has 1 aliphatic rings. The molecule has 2 amide bonds. The highest BCUT2D eigenvalue weighted by molar-refractivity contribution is 7.13. The minimum Gasteiger partial charge on any atom is -0.465 e. The maximum atomic E-state index is 13.8. The van der Waals surface area contributed by atoms with Gasteiger partial charge >= 0.3 is 12.1 Å². The molecule has 4 aromatic rings. The quantitative estimate of drug-likeness (QED) is 0.178. The van der Waals surface area contributed by atoms with Crippen LogP contribution in [0.2, 0.25) is 15.1 Å². The van der Waals surface area contributed by atoms with E-state index in [0.717, 1.165) is 24.6 Å². The fourth-order valence-electron chi connectivity index (χ4n) is 4.76. The van der Waals surface area contributed by atoms with Crippen LogP contribution in [0.25, 0.3) is 0 Å². The summed E-state index contributed by atoms with van der Waals surface area (Å²) >= 11 is 20.0. The van der Waals surface area contributed by atoms with Gasteiger partial charge in [0.1, 0.15) is 16.3 Å². The Labute approximate surface area is 296 Å². The number of nitrogens with zero attached hydrogens (tertiary/aromatic N) is 5. The standard InChI is InChI=1S/C30H25Cl3F3N7O5S/c1-42(29-38-12-19(28(46)47-2)25(41-29)30(34,35)36)13-15-14-49-24(22(15)33)27(45)40-23-18(26(44)39-21-4-3-16(31)11-37-21)9-17(32)10-20(23)43-5-7-48-8-6-43/h3-4,9-12,14H,5-8,13H2,1-2H3,(H,40,45)(H,37,39,44). The number of aromatic nitrogens is 3. The van der Waals surface area contributed by atoms with E-state index in [4.69, 9.17) is 39.5 Å². The van der Waals surface area contributed by atoms with E-state index in [1.807, 2.05) is 4.90 Å². The van der Waals surface area contributed by atoms with Crippen molar-refractivity contribution in [3.8, 4) is 0 Å². The average molecular weight is 759 g/mol. The van der Waals surface area contributed by atoms with E-state index in [1.165, 1.54) is 30.3 Å².